The number of hydrogen-bond donors (Lipinski definition) is 0. The van der Waals surface area contributed by atoms with Gasteiger partial charge in [-0.25, -0.2) is 0 Å². The van der Waals surface area contributed by atoms with Crippen molar-refractivity contribution in [2.75, 3.05) is 27.2 Å². The summed E-state index contributed by atoms with van der Waals surface area (Å²) in [4.78, 5) is 2.27. The summed E-state index contributed by atoms with van der Waals surface area (Å²) in [6.45, 7) is 9.28. The highest BCUT2D eigenvalue weighted by Gasteiger charge is 2.40. The van der Waals surface area contributed by atoms with Crippen LogP contribution in [0.15, 0.2) is 0 Å². The molecule has 0 aromatic heterocycles. The van der Waals surface area contributed by atoms with Crippen molar-refractivity contribution in [2.24, 2.45) is 17.8 Å². The van der Waals surface area contributed by atoms with E-state index < -0.39 is 0 Å². The topological polar surface area (TPSA) is 21.7 Å². The van der Waals surface area contributed by atoms with Crippen LogP contribution in [-0.4, -0.2) is 44.0 Å². The lowest BCUT2D eigenvalue weighted by atomic mass is 9.73. The molecule has 0 N–H and O–H groups in total. The van der Waals surface area contributed by atoms with Gasteiger partial charge in [0.05, 0.1) is 12.7 Å². The van der Waals surface area contributed by atoms with Gasteiger partial charge in [0.2, 0.25) is 0 Å². The summed E-state index contributed by atoms with van der Waals surface area (Å²) in [5, 5.41) is 0. The molecule has 1 heterocycles. The zero-order chi connectivity index (χ0) is 33.8. The van der Waals surface area contributed by atoms with Gasteiger partial charge in [-0.15, -0.1) is 0 Å². The molecule has 280 valence electrons. The van der Waals surface area contributed by atoms with Crippen LogP contribution in [0, 0.1) is 17.8 Å². The van der Waals surface area contributed by atoms with Gasteiger partial charge < -0.3 is 14.4 Å². The van der Waals surface area contributed by atoms with E-state index >= 15 is 0 Å². The van der Waals surface area contributed by atoms with E-state index in [2.05, 4.69) is 39.8 Å². The average molecular weight is 662 g/mol. The minimum absolute atomic E-state index is 0.281. The van der Waals surface area contributed by atoms with Crippen LogP contribution in [-0.2, 0) is 9.47 Å². The van der Waals surface area contributed by atoms with Crippen molar-refractivity contribution in [2.45, 2.75) is 238 Å². The number of unbranched alkanes of at least 4 members (excludes halogenated alkanes) is 5. The van der Waals surface area contributed by atoms with E-state index in [1.165, 1.54) is 186 Å². The predicted octanol–water partition coefficient (Wildman–Crippen LogP) is 14.1. The maximum absolute atomic E-state index is 6.71. The molecule has 3 nitrogen and oxygen atoms in total. The lowest BCUT2D eigenvalue weighted by Gasteiger charge is -2.33. The zero-order valence-electron chi connectivity index (χ0n) is 33.1. The lowest BCUT2D eigenvalue weighted by Crippen LogP contribution is -2.31. The van der Waals surface area contributed by atoms with Crippen LogP contribution in [0.5, 0.6) is 0 Å². The van der Waals surface area contributed by atoms with E-state index in [-0.39, 0.29) is 11.9 Å². The first-order valence-electron chi connectivity index (χ1n) is 22.0. The van der Waals surface area contributed by atoms with E-state index in [4.69, 9.17) is 9.47 Å². The molecule has 0 amide bonds. The standard InChI is InChI=1S/C44H87NO2/c1-6-8-10-27-32-41-33-28-22-18-14-12-16-20-24-30-37-44(46-39-42(47-44)35-38-45(4)5)36-29-23-19-15-11-13-17-21-26-31-40(3)43(41)34-25-9-7-2/h40-43H,6-39H2,1-5H3. The maximum atomic E-state index is 6.71. The summed E-state index contributed by atoms with van der Waals surface area (Å²) in [6.07, 6.45) is 44.9. The van der Waals surface area contributed by atoms with Crippen LogP contribution in [0.1, 0.15) is 226 Å². The van der Waals surface area contributed by atoms with Crippen molar-refractivity contribution >= 4 is 0 Å². The van der Waals surface area contributed by atoms with E-state index in [0.29, 0.717) is 0 Å². The van der Waals surface area contributed by atoms with Crippen molar-refractivity contribution in [1.29, 1.82) is 0 Å². The highest BCUT2D eigenvalue weighted by Crippen LogP contribution is 2.38. The molecule has 5 unspecified atom stereocenters. The van der Waals surface area contributed by atoms with Gasteiger partial charge in [0.15, 0.2) is 5.79 Å². The number of nitrogens with zero attached hydrogens (tertiary/aromatic N) is 1. The summed E-state index contributed by atoms with van der Waals surface area (Å²) in [7, 11) is 4.33. The molecule has 1 spiro atoms. The van der Waals surface area contributed by atoms with Gasteiger partial charge in [0.25, 0.3) is 0 Å². The van der Waals surface area contributed by atoms with Gasteiger partial charge in [-0.1, -0.05) is 188 Å². The van der Waals surface area contributed by atoms with Gasteiger partial charge >= 0.3 is 0 Å². The van der Waals surface area contributed by atoms with Crippen LogP contribution < -0.4 is 0 Å². The number of rotatable bonds is 12. The van der Waals surface area contributed by atoms with Gasteiger partial charge in [0, 0.05) is 19.4 Å². The zero-order valence-corrected chi connectivity index (χ0v) is 33.1. The van der Waals surface area contributed by atoms with Crippen LogP contribution in [0.25, 0.3) is 0 Å². The fraction of sp³-hybridized carbons (Fsp3) is 1.00. The molecular formula is C44H87NO2. The summed E-state index contributed by atoms with van der Waals surface area (Å²) in [5.41, 5.74) is 0. The van der Waals surface area contributed by atoms with Gasteiger partial charge in [-0.2, -0.15) is 0 Å². The summed E-state index contributed by atoms with van der Waals surface area (Å²) < 4.78 is 13.2. The summed E-state index contributed by atoms with van der Waals surface area (Å²) in [6, 6.07) is 0. The molecule has 5 atom stereocenters. The Hall–Kier alpha value is -0.120. The minimum Gasteiger partial charge on any atom is -0.347 e. The highest BCUT2D eigenvalue weighted by molar-refractivity contribution is 4.80. The Morgan fingerprint density at radius 2 is 1.04 bits per heavy atom. The van der Waals surface area contributed by atoms with E-state index in [1.807, 2.05) is 0 Å². The molecule has 2 aliphatic rings. The third kappa shape index (κ3) is 21.0. The fourth-order valence-corrected chi connectivity index (χ4v) is 8.92. The normalized spacial score (nSPS) is 29.7. The Kier molecular flexibility index (Phi) is 26.2. The second kappa shape index (κ2) is 28.6. The minimum atomic E-state index is -0.290. The lowest BCUT2D eigenvalue weighted by molar-refractivity contribution is -0.180. The number of hydrogen-bond acceptors (Lipinski definition) is 3. The molecule has 1 aliphatic heterocycles. The smallest absolute Gasteiger partial charge is 0.168 e. The molecule has 0 aromatic rings. The summed E-state index contributed by atoms with van der Waals surface area (Å²) >= 11 is 0. The first kappa shape index (κ1) is 43.0. The highest BCUT2D eigenvalue weighted by atomic mass is 16.7. The van der Waals surface area contributed by atoms with Gasteiger partial charge in [-0.05, 0) is 57.5 Å². The predicted molar refractivity (Wildman–Crippen MR) is 207 cm³/mol. The van der Waals surface area contributed by atoms with Crippen molar-refractivity contribution in [3.8, 4) is 0 Å². The molecule has 0 bridgehead atoms. The molecule has 0 radical (unpaired) electrons. The van der Waals surface area contributed by atoms with Crippen LogP contribution in [0.4, 0.5) is 0 Å². The maximum Gasteiger partial charge on any atom is 0.168 e. The van der Waals surface area contributed by atoms with Crippen molar-refractivity contribution in [1.82, 2.24) is 4.90 Å². The van der Waals surface area contributed by atoms with Crippen molar-refractivity contribution < 1.29 is 9.47 Å². The fourth-order valence-electron chi connectivity index (χ4n) is 8.92. The molecule has 1 saturated carbocycles. The van der Waals surface area contributed by atoms with Crippen molar-refractivity contribution in [3.63, 3.8) is 0 Å². The number of ether oxygens (including phenoxy) is 2. The Labute approximate surface area is 296 Å². The molecule has 3 heteroatoms. The quantitative estimate of drug-likeness (QED) is 0.194. The third-order valence-electron chi connectivity index (χ3n) is 12.1. The van der Waals surface area contributed by atoms with Crippen molar-refractivity contribution in [3.05, 3.63) is 0 Å². The van der Waals surface area contributed by atoms with Crippen LogP contribution in [0.3, 0.4) is 0 Å². The van der Waals surface area contributed by atoms with Gasteiger partial charge in [-0.3, -0.25) is 0 Å². The Bertz CT molecular complexity index is 682. The van der Waals surface area contributed by atoms with E-state index in [1.54, 1.807) is 0 Å². The molecule has 1 saturated heterocycles. The largest absolute Gasteiger partial charge is 0.347 e. The molecule has 1 aliphatic carbocycles. The van der Waals surface area contributed by atoms with Gasteiger partial charge in [0.1, 0.15) is 0 Å². The Balaban J connectivity index is 1.89. The SMILES string of the molecule is CCCCCCC1CCCCCCCCCCCC2(CCCCCCCCCCCC(C)C1CCCCC)OCC(CCN(C)C)O2. The first-order valence-corrected chi connectivity index (χ1v) is 22.0. The van der Waals surface area contributed by atoms with E-state index in [0.717, 1.165) is 50.2 Å². The first-order chi connectivity index (χ1) is 23.0. The second-order valence-corrected chi connectivity index (χ2v) is 16.7. The molecule has 2 fully saturated rings. The average Bonchev–Trinajstić information content (AvgIpc) is 3.47. The van der Waals surface area contributed by atoms with Crippen LogP contribution >= 0.6 is 0 Å². The Morgan fingerprint density at radius 3 is 1.60 bits per heavy atom. The third-order valence-corrected chi connectivity index (χ3v) is 12.1. The molecule has 47 heavy (non-hydrogen) atoms. The second-order valence-electron chi connectivity index (χ2n) is 16.7. The van der Waals surface area contributed by atoms with E-state index in [9.17, 15) is 0 Å². The molecule has 0 aromatic carbocycles. The molecule has 2 rings (SSSR count). The summed E-state index contributed by atoms with van der Waals surface area (Å²) in [5.74, 6) is 2.59. The molecular weight excluding hydrogens is 574 g/mol. The Morgan fingerprint density at radius 1 is 0.553 bits per heavy atom. The monoisotopic (exact) mass is 662 g/mol. The van der Waals surface area contributed by atoms with Crippen LogP contribution in [0.2, 0.25) is 0 Å².